The van der Waals surface area contributed by atoms with Crippen LogP contribution in [0.2, 0.25) is 0 Å². The predicted molar refractivity (Wildman–Crippen MR) is 67.4 cm³/mol. The van der Waals surface area contributed by atoms with E-state index in [0.717, 1.165) is 6.42 Å². The molecule has 96 valence electrons. The summed E-state index contributed by atoms with van der Waals surface area (Å²) in [4.78, 5) is 0. The number of fused-ring (bicyclic) bond motifs is 1. The first-order valence-corrected chi connectivity index (χ1v) is 6.99. The van der Waals surface area contributed by atoms with Crippen molar-refractivity contribution in [2.45, 2.75) is 57.8 Å². The van der Waals surface area contributed by atoms with Crippen LogP contribution in [0.15, 0.2) is 12.2 Å². The SMILES string of the molecule is C=C1CC2(O)O[C@]3(C[C@H]2C(C)C)[C@@H](C)CC[C@@H]13. The van der Waals surface area contributed by atoms with Crippen molar-refractivity contribution in [2.75, 3.05) is 0 Å². The first kappa shape index (κ1) is 11.7. The van der Waals surface area contributed by atoms with Crippen LogP contribution in [0.4, 0.5) is 0 Å². The lowest BCUT2D eigenvalue weighted by Gasteiger charge is -2.43. The average molecular weight is 236 g/mol. The first-order chi connectivity index (χ1) is 7.89. The average Bonchev–Trinajstić information content (AvgIpc) is 2.65. The van der Waals surface area contributed by atoms with Crippen molar-refractivity contribution in [3.8, 4) is 0 Å². The smallest absolute Gasteiger partial charge is 0.173 e. The highest BCUT2D eigenvalue weighted by molar-refractivity contribution is 5.24. The summed E-state index contributed by atoms with van der Waals surface area (Å²) < 4.78 is 6.25. The van der Waals surface area contributed by atoms with Crippen molar-refractivity contribution in [1.29, 1.82) is 0 Å². The van der Waals surface area contributed by atoms with Gasteiger partial charge in [0.2, 0.25) is 0 Å². The lowest BCUT2D eigenvalue weighted by molar-refractivity contribution is -0.269. The van der Waals surface area contributed by atoms with E-state index < -0.39 is 5.79 Å². The van der Waals surface area contributed by atoms with Crippen LogP contribution in [0.3, 0.4) is 0 Å². The molecule has 2 aliphatic heterocycles. The Morgan fingerprint density at radius 1 is 1.41 bits per heavy atom. The van der Waals surface area contributed by atoms with E-state index in [1.54, 1.807) is 0 Å². The lowest BCUT2D eigenvalue weighted by atomic mass is 9.77. The fourth-order valence-corrected chi connectivity index (χ4v) is 4.64. The van der Waals surface area contributed by atoms with Gasteiger partial charge in [-0.1, -0.05) is 32.9 Å². The minimum absolute atomic E-state index is 0.0982. The lowest BCUT2D eigenvalue weighted by Crippen LogP contribution is -2.48. The Hall–Kier alpha value is -0.340. The van der Waals surface area contributed by atoms with E-state index >= 15 is 0 Å². The van der Waals surface area contributed by atoms with E-state index in [2.05, 4.69) is 27.4 Å². The molecule has 2 saturated heterocycles. The Morgan fingerprint density at radius 3 is 2.76 bits per heavy atom. The van der Waals surface area contributed by atoms with Crippen LogP contribution in [0.5, 0.6) is 0 Å². The van der Waals surface area contributed by atoms with Crippen molar-refractivity contribution >= 4 is 0 Å². The van der Waals surface area contributed by atoms with Gasteiger partial charge in [-0.2, -0.15) is 0 Å². The molecule has 1 unspecified atom stereocenters. The summed E-state index contributed by atoms with van der Waals surface area (Å²) in [7, 11) is 0. The van der Waals surface area contributed by atoms with Gasteiger partial charge in [-0.05, 0) is 31.1 Å². The van der Waals surface area contributed by atoms with Crippen LogP contribution in [-0.4, -0.2) is 16.5 Å². The second kappa shape index (κ2) is 3.36. The molecule has 1 saturated carbocycles. The summed E-state index contributed by atoms with van der Waals surface area (Å²) in [5.74, 6) is 0.852. The molecule has 5 atom stereocenters. The molecule has 3 fully saturated rings. The molecule has 0 radical (unpaired) electrons. The molecule has 1 N–H and O–H groups in total. The summed E-state index contributed by atoms with van der Waals surface area (Å²) in [6.45, 7) is 10.9. The highest BCUT2D eigenvalue weighted by Gasteiger charge is 2.66. The molecule has 2 heterocycles. The van der Waals surface area contributed by atoms with Gasteiger partial charge in [0.05, 0.1) is 5.60 Å². The third kappa shape index (κ3) is 1.34. The van der Waals surface area contributed by atoms with Crippen molar-refractivity contribution in [3.63, 3.8) is 0 Å². The molecule has 3 aliphatic rings. The molecule has 2 bridgehead atoms. The van der Waals surface area contributed by atoms with Crippen LogP contribution >= 0.6 is 0 Å². The number of aliphatic hydroxyl groups is 1. The van der Waals surface area contributed by atoms with Gasteiger partial charge < -0.3 is 9.84 Å². The van der Waals surface area contributed by atoms with Crippen LogP contribution in [-0.2, 0) is 4.74 Å². The summed E-state index contributed by atoms with van der Waals surface area (Å²) in [6, 6.07) is 0. The van der Waals surface area contributed by atoms with Gasteiger partial charge in [0.25, 0.3) is 0 Å². The molecular formula is C15H24O2. The Balaban J connectivity index is 2.04. The molecule has 2 heteroatoms. The van der Waals surface area contributed by atoms with Crippen molar-refractivity contribution in [2.24, 2.45) is 23.7 Å². The largest absolute Gasteiger partial charge is 0.365 e. The van der Waals surface area contributed by atoms with E-state index in [9.17, 15) is 5.11 Å². The number of rotatable bonds is 1. The van der Waals surface area contributed by atoms with E-state index in [-0.39, 0.29) is 11.5 Å². The summed E-state index contributed by atoms with van der Waals surface area (Å²) >= 11 is 0. The van der Waals surface area contributed by atoms with Crippen molar-refractivity contribution < 1.29 is 9.84 Å². The van der Waals surface area contributed by atoms with Crippen LogP contribution in [0.1, 0.15) is 46.5 Å². The minimum atomic E-state index is -0.930. The second-order valence-electron chi connectivity index (χ2n) is 6.82. The third-order valence-corrected chi connectivity index (χ3v) is 5.58. The summed E-state index contributed by atoms with van der Waals surface area (Å²) in [5, 5.41) is 10.8. The van der Waals surface area contributed by atoms with Crippen molar-refractivity contribution in [3.05, 3.63) is 12.2 Å². The standard InChI is InChI=1S/C15H24O2/c1-9(2)13-8-14-11(4)5-6-12(14)10(3)7-15(13,16)17-14/h9,11-13,16H,3,5-8H2,1-2,4H3/t11-,12-,13-,14+,15?/m0/s1. The van der Waals surface area contributed by atoms with Gasteiger partial charge >= 0.3 is 0 Å². The Bertz CT molecular complexity index is 362. The van der Waals surface area contributed by atoms with Crippen LogP contribution in [0, 0.1) is 23.7 Å². The zero-order valence-corrected chi connectivity index (χ0v) is 11.2. The van der Waals surface area contributed by atoms with E-state index in [1.165, 1.54) is 18.4 Å². The maximum Gasteiger partial charge on any atom is 0.173 e. The molecule has 0 aromatic rings. The maximum atomic E-state index is 10.8. The quantitative estimate of drug-likeness (QED) is 0.709. The number of hydrogen-bond donors (Lipinski definition) is 1. The molecule has 1 aliphatic carbocycles. The topological polar surface area (TPSA) is 29.5 Å². The van der Waals surface area contributed by atoms with Gasteiger partial charge in [0.1, 0.15) is 0 Å². The van der Waals surface area contributed by atoms with Crippen LogP contribution in [0.25, 0.3) is 0 Å². The normalized spacial score (nSPS) is 53.2. The monoisotopic (exact) mass is 236 g/mol. The van der Waals surface area contributed by atoms with Gasteiger partial charge in [0, 0.05) is 18.3 Å². The highest BCUT2D eigenvalue weighted by Crippen LogP contribution is 2.63. The fourth-order valence-electron chi connectivity index (χ4n) is 4.64. The zero-order valence-electron chi connectivity index (χ0n) is 11.2. The Labute approximate surface area is 104 Å². The van der Waals surface area contributed by atoms with Crippen LogP contribution < -0.4 is 0 Å². The number of hydrogen-bond acceptors (Lipinski definition) is 2. The highest BCUT2D eigenvalue weighted by atomic mass is 16.6. The van der Waals surface area contributed by atoms with Crippen molar-refractivity contribution in [1.82, 2.24) is 0 Å². The summed E-state index contributed by atoms with van der Waals surface area (Å²) in [6.07, 6.45) is 4.08. The third-order valence-electron chi connectivity index (χ3n) is 5.58. The molecular weight excluding hydrogens is 212 g/mol. The molecule has 1 spiro atoms. The first-order valence-electron chi connectivity index (χ1n) is 6.99. The predicted octanol–water partition coefficient (Wildman–Crippen LogP) is 3.11. The molecule has 0 aromatic carbocycles. The molecule has 17 heavy (non-hydrogen) atoms. The van der Waals surface area contributed by atoms with E-state index in [4.69, 9.17) is 4.74 Å². The molecule has 2 nitrogen and oxygen atoms in total. The van der Waals surface area contributed by atoms with E-state index in [1.807, 2.05) is 0 Å². The molecule has 0 amide bonds. The van der Waals surface area contributed by atoms with Gasteiger partial charge in [-0.15, -0.1) is 0 Å². The maximum absolute atomic E-state index is 10.8. The summed E-state index contributed by atoms with van der Waals surface area (Å²) in [5.41, 5.74) is 1.13. The minimum Gasteiger partial charge on any atom is -0.365 e. The Kier molecular flexibility index (Phi) is 2.32. The number of ether oxygens (including phenoxy) is 1. The molecule has 3 rings (SSSR count). The van der Waals surface area contributed by atoms with Gasteiger partial charge in [-0.3, -0.25) is 0 Å². The fraction of sp³-hybridized carbons (Fsp3) is 0.867. The van der Waals surface area contributed by atoms with Gasteiger partial charge in [0.15, 0.2) is 5.79 Å². The zero-order chi connectivity index (χ0) is 12.4. The van der Waals surface area contributed by atoms with E-state index in [0.29, 0.717) is 24.2 Å². The molecule has 0 aromatic heterocycles. The van der Waals surface area contributed by atoms with Gasteiger partial charge in [-0.25, -0.2) is 0 Å². The Morgan fingerprint density at radius 2 is 2.12 bits per heavy atom. The second-order valence-corrected chi connectivity index (χ2v) is 6.82.